The Bertz CT molecular complexity index is 584. The summed E-state index contributed by atoms with van der Waals surface area (Å²) in [5.74, 6) is 1.50. The largest absolute Gasteiger partial charge is 0.456 e. The predicted octanol–water partition coefficient (Wildman–Crippen LogP) is 3.56. The van der Waals surface area contributed by atoms with Crippen LogP contribution in [0.15, 0.2) is 24.3 Å². The first kappa shape index (κ1) is 16.0. The molecule has 1 amide bonds. The summed E-state index contributed by atoms with van der Waals surface area (Å²) in [6.07, 6.45) is 6.36. The van der Waals surface area contributed by atoms with Crippen LogP contribution in [-0.4, -0.2) is 18.5 Å². The number of rotatable bonds is 6. The Morgan fingerprint density at radius 3 is 2.74 bits per heavy atom. The van der Waals surface area contributed by atoms with Crippen molar-refractivity contribution in [3.8, 4) is 0 Å². The molecular weight excluding hydrogens is 290 g/mol. The zero-order chi connectivity index (χ0) is 16.2. The fraction of sp³-hybridized carbons (Fsp3) is 0.579. The van der Waals surface area contributed by atoms with Crippen molar-refractivity contribution in [2.45, 2.75) is 45.4 Å². The van der Waals surface area contributed by atoms with E-state index in [9.17, 15) is 9.59 Å². The summed E-state index contributed by atoms with van der Waals surface area (Å²) in [5.41, 5.74) is 1.87. The summed E-state index contributed by atoms with van der Waals surface area (Å²) in [4.78, 5) is 23.9. The molecule has 124 valence electrons. The van der Waals surface area contributed by atoms with Crippen LogP contribution in [0.5, 0.6) is 0 Å². The quantitative estimate of drug-likeness (QED) is 0.817. The zero-order valence-electron chi connectivity index (χ0n) is 13.7. The number of benzene rings is 1. The van der Waals surface area contributed by atoms with E-state index in [1.807, 2.05) is 31.2 Å². The first-order valence-electron chi connectivity index (χ1n) is 8.69. The molecule has 0 aliphatic heterocycles. The molecule has 3 rings (SSSR count). The van der Waals surface area contributed by atoms with E-state index >= 15 is 0 Å². The average Bonchev–Trinajstić information content (AvgIpc) is 3.16. The maximum atomic E-state index is 12.0. The second-order valence-corrected chi connectivity index (χ2v) is 6.86. The third kappa shape index (κ3) is 3.92. The van der Waals surface area contributed by atoms with Gasteiger partial charge in [0.05, 0.1) is 0 Å². The topological polar surface area (TPSA) is 55.4 Å². The van der Waals surface area contributed by atoms with Gasteiger partial charge in [0.25, 0.3) is 5.91 Å². The summed E-state index contributed by atoms with van der Waals surface area (Å²) in [6, 6.07) is 7.68. The number of para-hydroxylation sites is 1. The van der Waals surface area contributed by atoms with Gasteiger partial charge in [-0.3, -0.25) is 9.59 Å². The molecule has 4 nitrogen and oxygen atoms in total. The van der Waals surface area contributed by atoms with Crippen molar-refractivity contribution in [2.75, 3.05) is 11.9 Å². The van der Waals surface area contributed by atoms with Gasteiger partial charge in [-0.1, -0.05) is 31.5 Å². The van der Waals surface area contributed by atoms with Gasteiger partial charge in [-0.2, -0.15) is 0 Å². The number of hydrogen-bond donors (Lipinski definition) is 1. The molecule has 0 unspecified atom stereocenters. The minimum atomic E-state index is -0.271. The van der Waals surface area contributed by atoms with E-state index < -0.39 is 0 Å². The molecule has 1 aromatic carbocycles. The summed E-state index contributed by atoms with van der Waals surface area (Å²) in [6.45, 7) is 1.85. The van der Waals surface area contributed by atoms with Gasteiger partial charge in [0.2, 0.25) is 0 Å². The number of esters is 1. The lowest BCUT2D eigenvalue weighted by Crippen LogP contribution is -2.23. The molecule has 2 aliphatic rings. The number of fused-ring (bicyclic) bond motifs is 2. The zero-order valence-corrected chi connectivity index (χ0v) is 13.7. The minimum absolute atomic E-state index is 0.197. The highest BCUT2D eigenvalue weighted by Gasteiger charge is 2.40. The van der Waals surface area contributed by atoms with E-state index in [4.69, 9.17) is 4.74 Å². The third-order valence-electron chi connectivity index (χ3n) is 5.35. The van der Waals surface area contributed by atoms with Gasteiger partial charge in [-0.25, -0.2) is 0 Å². The molecule has 0 saturated heterocycles. The number of carbonyl (C=O) groups is 2. The molecule has 0 heterocycles. The van der Waals surface area contributed by atoms with Crippen molar-refractivity contribution >= 4 is 17.6 Å². The maximum Gasteiger partial charge on any atom is 0.306 e. The molecule has 2 aliphatic carbocycles. The van der Waals surface area contributed by atoms with E-state index in [1.165, 1.54) is 19.3 Å². The monoisotopic (exact) mass is 315 g/mol. The highest BCUT2D eigenvalue weighted by atomic mass is 16.5. The molecule has 1 N–H and O–H groups in total. The minimum Gasteiger partial charge on any atom is -0.456 e. The van der Waals surface area contributed by atoms with Crippen LogP contribution in [0.3, 0.4) is 0 Å². The smallest absolute Gasteiger partial charge is 0.306 e. The summed E-state index contributed by atoms with van der Waals surface area (Å²) in [5, 5.41) is 2.82. The van der Waals surface area contributed by atoms with Crippen LogP contribution in [0.4, 0.5) is 5.69 Å². The Labute approximate surface area is 137 Å². The van der Waals surface area contributed by atoms with E-state index in [0.717, 1.165) is 30.0 Å². The highest BCUT2D eigenvalue weighted by Crippen LogP contribution is 2.49. The van der Waals surface area contributed by atoms with Crippen LogP contribution in [0, 0.1) is 17.8 Å². The lowest BCUT2D eigenvalue weighted by atomic mass is 9.86. The van der Waals surface area contributed by atoms with Crippen molar-refractivity contribution in [1.29, 1.82) is 0 Å². The number of hydrogen-bond acceptors (Lipinski definition) is 3. The second kappa shape index (κ2) is 7.16. The van der Waals surface area contributed by atoms with E-state index in [0.29, 0.717) is 18.3 Å². The summed E-state index contributed by atoms with van der Waals surface area (Å²) in [7, 11) is 0. The van der Waals surface area contributed by atoms with Crippen LogP contribution >= 0.6 is 0 Å². The Balaban J connectivity index is 1.42. The number of nitrogens with one attached hydrogen (secondary N) is 1. The fourth-order valence-electron chi connectivity index (χ4n) is 4.18. The first-order chi connectivity index (χ1) is 11.2. The van der Waals surface area contributed by atoms with Gasteiger partial charge in [0.15, 0.2) is 6.61 Å². The number of amides is 1. The van der Waals surface area contributed by atoms with Crippen LogP contribution < -0.4 is 5.32 Å². The number of aryl methyl sites for hydroxylation is 1. The van der Waals surface area contributed by atoms with Crippen LogP contribution in [0.25, 0.3) is 0 Å². The summed E-state index contributed by atoms with van der Waals surface area (Å²) < 4.78 is 5.17. The Morgan fingerprint density at radius 2 is 2.04 bits per heavy atom. The number of anilines is 1. The van der Waals surface area contributed by atoms with Gasteiger partial charge < -0.3 is 10.1 Å². The Kier molecular flexibility index (Phi) is 4.99. The fourth-order valence-corrected chi connectivity index (χ4v) is 4.18. The molecule has 0 spiro atoms. The normalized spacial score (nSPS) is 25.3. The van der Waals surface area contributed by atoms with Crippen molar-refractivity contribution in [3.05, 3.63) is 29.8 Å². The molecule has 2 bridgehead atoms. The molecule has 23 heavy (non-hydrogen) atoms. The van der Waals surface area contributed by atoms with Crippen molar-refractivity contribution in [3.63, 3.8) is 0 Å². The molecule has 0 radical (unpaired) electrons. The van der Waals surface area contributed by atoms with Gasteiger partial charge in [-0.05, 0) is 55.1 Å². The molecule has 2 saturated carbocycles. The molecule has 2 fully saturated rings. The highest BCUT2D eigenvalue weighted by molar-refractivity contribution is 5.93. The van der Waals surface area contributed by atoms with Crippen molar-refractivity contribution in [1.82, 2.24) is 0 Å². The Hall–Kier alpha value is -1.84. The van der Waals surface area contributed by atoms with E-state index in [1.54, 1.807) is 0 Å². The number of ether oxygens (including phenoxy) is 1. The second-order valence-electron chi connectivity index (χ2n) is 6.86. The molecule has 3 atom stereocenters. The third-order valence-corrected chi connectivity index (χ3v) is 5.35. The number of carbonyl (C=O) groups excluding carboxylic acids is 2. The van der Waals surface area contributed by atoms with Crippen molar-refractivity contribution in [2.24, 2.45) is 17.8 Å². The first-order valence-corrected chi connectivity index (χ1v) is 8.69. The predicted molar refractivity (Wildman–Crippen MR) is 89.0 cm³/mol. The molecular formula is C19H25NO3. The Morgan fingerprint density at radius 1 is 1.22 bits per heavy atom. The van der Waals surface area contributed by atoms with Crippen molar-refractivity contribution < 1.29 is 14.3 Å². The van der Waals surface area contributed by atoms with Gasteiger partial charge in [0.1, 0.15) is 0 Å². The van der Waals surface area contributed by atoms with E-state index in [-0.39, 0.29) is 18.5 Å². The van der Waals surface area contributed by atoms with Crippen LogP contribution in [0.1, 0.15) is 44.6 Å². The lowest BCUT2D eigenvalue weighted by Gasteiger charge is -2.20. The van der Waals surface area contributed by atoms with E-state index in [2.05, 4.69) is 5.32 Å². The molecule has 1 aromatic rings. The standard InChI is InChI=1S/C19H25NO3/c1-2-14-5-3-4-6-17(14)20-18(21)12-23-19(22)11-16-10-13-7-8-15(16)9-13/h3-6,13,15-16H,2,7-12H2,1H3,(H,20,21)/t13-,15-,16-/m1/s1. The lowest BCUT2D eigenvalue weighted by molar-refractivity contribution is -0.148. The van der Waals surface area contributed by atoms with Gasteiger partial charge >= 0.3 is 5.97 Å². The maximum absolute atomic E-state index is 12.0. The SMILES string of the molecule is CCc1ccccc1NC(=O)COC(=O)C[C@H]1C[C@@H]2CC[C@@H]1C2. The molecule has 0 aromatic heterocycles. The summed E-state index contributed by atoms with van der Waals surface area (Å²) >= 11 is 0. The molecule has 4 heteroatoms. The van der Waals surface area contributed by atoms with Gasteiger partial charge in [-0.15, -0.1) is 0 Å². The van der Waals surface area contributed by atoms with Crippen LogP contribution in [-0.2, 0) is 20.7 Å². The van der Waals surface area contributed by atoms with Crippen LogP contribution in [0.2, 0.25) is 0 Å². The average molecular weight is 315 g/mol. The van der Waals surface area contributed by atoms with Gasteiger partial charge in [0, 0.05) is 12.1 Å².